The van der Waals surface area contributed by atoms with Gasteiger partial charge in [0, 0.05) is 39.8 Å². The van der Waals surface area contributed by atoms with Crippen LogP contribution in [-0.4, -0.2) is 67.7 Å². The van der Waals surface area contributed by atoms with E-state index in [-0.39, 0.29) is 24.0 Å². The maximum atomic E-state index is 5.43. The van der Waals surface area contributed by atoms with Crippen molar-refractivity contribution in [2.75, 3.05) is 46.6 Å². The maximum absolute atomic E-state index is 5.43. The summed E-state index contributed by atoms with van der Waals surface area (Å²) in [4.78, 5) is 8.95. The number of furan rings is 1. The molecule has 0 spiro atoms. The third kappa shape index (κ3) is 9.20. The monoisotopic (exact) mass is 492 g/mol. The van der Waals surface area contributed by atoms with E-state index in [1.54, 1.807) is 13.4 Å². The van der Waals surface area contributed by atoms with E-state index in [1.165, 1.54) is 0 Å². The number of ether oxygens (including phenoxy) is 2. The molecule has 0 bridgehead atoms. The van der Waals surface area contributed by atoms with E-state index in [0.29, 0.717) is 50.9 Å². The predicted molar refractivity (Wildman–Crippen MR) is 114 cm³/mol. The first-order valence-corrected chi connectivity index (χ1v) is 8.87. The van der Waals surface area contributed by atoms with Gasteiger partial charge in [-0.1, -0.05) is 0 Å². The van der Waals surface area contributed by atoms with E-state index >= 15 is 0 Å². The molecule has 9 nitrogen and oxygen atoms in total. The Morgan fingerprint density at radius 2 is 2.19 bits per heavy atom. The molecule has 2 rings (SSSR count). The average molecular weight is 492 g/mol. The largest absolute Gasteiger partial charge is 0.461 e. The van der Waals surface area contributed by atoms with E-state index in [1.807, 2.05) is 19.1 Å². The van der Waals surface area contributed by atoms with Gasteiger partial charge in [-0.25, -0.2) is 4.98 Å². The lowest BCUT2D eigenvalue weighted by Gasteiger charge is -2.10. The highest BCUT2D eigenvalue weighted by molar-refractivity contribution is 14.0. The average Bonchev–Trinajstić information content (AvgIpc) is 3.32. The molecule has 2 heterocycles. The van der Waals surface area contributed by atoms with Crippen molar-refractivity contribution in [2.45, 2.75) is 19.8 Å². The van der Waals surface area contributed by atoms with Crippen LogP contribution in [0.3, 0.4) is 0 Å². The van der Waals surface area contributed by atoms with Crippen molar-refractivity contribution in [1.82, 2.24) is 25.8 Å². The standard InChI is InChI=1S/C17H28N6O3.HI/c1-3-18-17(19-8-5-10-25-13-12-24-2)20-9-7-15-21-16(23-22-15)14-6-4-11-26-14;/h4,6,11H,3,5,7-10,12-13H2,1-2H3,(H2,18,19,20)(H,21,22,23);1H. The Kier molecular flexibility index (Phi) is 12.5. The summed E-state index contributed by atoms with van der Waals surface area (Å²) in [6, 6.07) is 3.65. The van der Waals surface area contributed by atoms with E-state index in [4.69, 9.17) is 13.9 Å². The molecular weight excluding hydrogens is 463 g/mol. The highest BCUT2D eigenvalue weighted by atomic mass is 127. The zero-order valence-electron chi connectivity index (χ0n) is 15.9. The first-order chi connectivity index (χ1) is 12.8. The van der Waals surface area contributed by atoms with Crippen LogP contribution in [0, 0.1) is 0 Å². The lowest BCUT2D eigenvalue weighted by atomic mass is 10.4. The predicted octanol–water partition coefficient (Wildman–Crippen LogP) is 1.83. The minimum atomic E-state index is 0. The van der Waals surface area contributed by atoms with Gasteiger partial charge in [0.1, 0.15) is 5.82 Å². The molecule has 0 unspecified atom stereocenters. The Balaban J connectivity index is 0.00000364. The molecule has 0 aliphatic heterocycles. The molecule has 2 aromatic rings. The van der Waals surface area contributed by atoms with Crippen LogP contribution in [0.1, 0.15) is 19.2 Å². The second-order valence-corrected chi connectivity index (χ2v) is 5.48. The van der Waals surface area contributed by atoms with Crippen LogP contribution in [0.2, 0.25) is 0 Å². The number of nitrogens with one attached hydrogen (secondary N) is 3. The summed E-state index contributed by atoms with van der Waals surface area (Å²) in [6.45, 7) is 6.17. The Hall–Kier alpha value is -1.66. The van der Waals surface area contributed by atoms with Gasteiger partial charge in [-0.15, -0.1) is 24.0 Å². The van der Waals surface area contributed by atoms with Gasteiger partial charge in [-0.3, -0.25) is 10.1 Å². The summed E-state index contributed by atoms with van der Waals surface area (Å²) in [7, 11) is 1.67. The smallest absolute Gasteiger partial charge is 0.216 e. The zero-order chi connectivity index (χ0) is 18.5. The molecule has 0 saturated heterocycles. The van der Waals surface area contributed by atoms with Crippen LogP contribution in [-0.2, 0) is 15.9 Å². The first kappa shape index (κ1) is 23.4. The lowest BCUT2D eigenvalue weighted by Crippen LogP contribution is -2.38. The molecule has 27 heavy (non-hydrogen) atoms. The molecule has 0 aliphatic rings. The second kappa shape index (κ2) is 14.4. The minimum Gasteiger partial charge on any atom is -0.461 e. The Bertz CT molecular complexity index is 632. The van der Waals surface area contributed by atoms with Gasteiger partial charge in [-0.05, 0) is 25.5 Å². The van der Waals surface area contributed by atoms with Crippen LogP contribution in [0.15, 0.2) is 27.8 Å². The fourth-order valence-electron chi connectivity index (χ4n) is 2.17. The minimum absolute atomic E-state index is 0. The highest BCUT2D eigenvalue weighted by Gasteiger charge is 2.08. The van der Waals surface area contributed by atoms with Crippen molar-refractivity contribution >= 4 is 29.9 Å². The Morgan fingerprint density at radius 3 is 2.93 bits per heavy atom. The Labute approximate surface area is 176 Å². The van der Waals surface area contributed by atoms with Crippen molar-refractivity contribution < 1.29 is 13.9 Å². The zero-order valence-corrected chi connectivity index (χ0v) is 18.2. The number of hydrogen-bond acceptors (Lipinski definition) is 6. The molecule has 0 radical (unpaired) electrons. The molecule has 0 aromatic carbocycles. The second-order valence-electron chi connectivity index (χ2n) is 5.48. The summed E-state index contributed by atoms with van der Waals surface area (Å²) in [5.41, 5.74) is 0. The summed E-state index contributed by atoms with van der Waals surface area (Å²) in [6.07, 6.45) is 3.18. The molecule has 0 atom stereocenters. The van der Waals surface area contributed by atoms with Gasteiger partial charge >= 0.3 is 0 Å². The van der Waals surface area contributed by atoms with Gasteiger partial charge in [0.15, 0.2) is 11.7 Å². The molecule has 10 heteroatoms. The van der Waals surface area contributed by atoms with Gasteiger partial charge in [0.2, 0.25) is 5.82 Å². The van der Waals surface area contributed by atoms with E-state index < -0.39 is 0 Å². The first-order valence-electron chi connectivity index (χ1n) is 8.87. The lowest BCUT2D eigenvalue weighted by molar-refractivity contribution is 0.0702. The number of rotatable bonds is 12. The molecule has 0 amide bonds. The summed E-state index contributed by atoms with van der Waals surface area (Å²) in [5.74, 6) is 2.81. The fourth-order valence-corrected chi connectivity index (χ4v) is 2.17. The number of nitrogens with zero attached hydrogens (tertiary/aromatic N) is 3. The van der Waals surface area contributed by atoms with Gasteiger partial charge < -0.3 is 24.5 Å². The van der Waals surface area contributed by atoms with Crippen LogP contribution < -0.4 is 10.6 Å². The molecule has 152 valence electrons. The number of hydrogen-bond donors (Lipinski definition) is 3. The molecular formula is C17H29IN6O3. The number of halogens is 1. The number of aromatic amines is 1. The third-order valence-corrected chi connectivity index (χ3v) is 3.42. The van der Waals surface area contributed by atoms with E-state index in [2.05, 4.69) is 30.8 Å². The molecule has 0 aliphatic carbocycles. The third-order valence-electron chi connectivity index (χ3n) is 3.42. The summed E-state index contributed by atoms with van der Waals surface area (Å²) in [5, 5.41) is 13.6. The SMILES string of the molecule is CCNC(=NCCCOCCOC)NCCc1nc(-c2ccco2)n[nH]1.I. The highest BCUT2D eigenvalue weighted by Crippen LogP contribution is 2.14. The van der Waals surface area contributed by atoms with Crippen LogP contribution in [0.5, 0.6) is 0 Å². The van der Waals surface area contributed by atoms with E-state index in [0.717, 1.165) is 24.7 Å². The molecule has 2 aromatic heterocycles. The maximum Gasteiger partial charge on any atom is 0.216 e. The van der Waals surface area contributed by atoms with Gasteiger partial charge in [-0.2, -0.15) is 5.10 Å². The Morgan fingerprint density at radius 1 is 1.30 bits per heavy atom. The van der Waals surface area contributed by atoms with Crippen molar-refractivity contribution in [3.05, 3.63) is 24.2 Å². The topological polar surface area (TPSA) is 110 Å². The van der Waals surface area contributed by atoms with Crippen LogP contribution in [0.4, 0.5) is 0 Å². The summed E-state index contributed by atoms with van der Waals surface area (Å²) >= 11 is 0. The number of H-pyrrole nitrogens is 1. The quantitative estimate of drug-likeness (QED) is 0.180. The number of aliphatic imine (C=N–C) groups is 1. The van der Waals surface area contributed by atoms with E-state index in [9.17, 15) is 0 Å². The van der Waals surface area contributed by atoms with Crippen LogP contribution in [0.25, 0.3) is 11.6 Å². The fraction of sp³-hybridized carbons (Fsp3) is 0.588. The van der Waals surface area contributed by atoms with Crippen molar-refractivity contribution in [2.24, 2.45) is 4.99 Å². The van der Waals surface area contributed by atoms with Crippen molar-refractivity contribution in [3.8, 4) is 11.6 Å². The van der Waals surface area contributed by atoms with Gasteiger partial charge in [0.05, 0.1) is 19.5 Å². The number of guanidine groups is 1. The summed E-state index contributed by atoms with van der Waals surface area (Å²) < 4.78 is 15.6. The normalized spacial score (nSPS) is 11.3. The van der Waals surface area contributed by atoms with Crippen LogP contribution >= 0.6 is 24.0 Å². The van der Waals surface area contributed by atoms with Crippen molar-refractivity contribution in [3.63, 3.8) is 0 Å². The molecule has 3 N–H and O–H groups in total. The van der Waals surface area contributed by atoms with Gasteiger partial charge in [0.25, 0.3) is 0 Å². The number of methoxy groups -OCH3 is 1. The molecule has 0 fully saturated rings. The number of aromatic nitrogens is 3. The molecule has 0 saturated carbocycles. The van der Waals surface area contributed by atoms with Crippen molar-refractivity contribution in [1.29, 1.82) is 0 Å².